The molecule has 8 nitrogen and oxygen atoms in total. The van der Waals surface area contributed by atoms with Gasteiger partial charge >= 0.3 is 0 Å². The molecule has 1 heterocycles. The molecule has 0 aliphatic carbocycles. The molecule has 0 saturated carbocycles. The van der Waals surface area contributed by atoms with E-state index in [1.165, 1.54) is 0 Å². The molecule has 0 bridgehead atoms. The fraction of sp³-hybridized carbons (Fsp3) is 0.769. The highest BCUT2D eigenvalue weighted by Gasteiger charge is 2.15. The third-order valence-electron chi connectivity index (χ3n) is 3.09. The minimum Gasteiger partial charge on any atom is -0.383 e. The average Bonchev–Trinajstić information content (AvgIpc) is 2.48. The van der Waals surface area contributed by atoms with Gasteiger partial charge in [0.25, 0.3) is 0 Å². The number of hydrogen-bond donors (Lipinski definition) is 1. The largest absolute Gasteiger partial charge is 0.383 e. The molecule has 0 saturated heterocycles. The summed E-state index contributed by atoms with van der Waals surface area (Å²) in [5.41, 5.74) is 5.82. The van der Waals surface area contributed by atoms with Crippen molar-refractivity contribution >= 4 is 17.8 Å². The Morgan fingerprint density at radius 3 is 1.76 bits per heavy atom. The van der Waals surface area contributed by atoms with Crippen LogP contribution in [-0.2, 0) is 9.47 Å². The van der Waals surface area contributed by atoms with Gasteiger partial charge in [-0.05, 0) is 13.8 Å². The Hall–Kier alpha value is -1.67. The number of aromatic nitrogens is 3. The Morgan fingerprint density at radius 1 is 0.857 bits per heavy atom. The van der Waals surface area contributed by atoms with E-state index in [0.29, 0.717) is 38.2 Å². The van der Waals surface area contributed by atoms with Crippen molar-refractivity contribution in [2.75, 3.05) is 69.1 Å². The summed E-state index contributed by atoms with van der Waals surface area (Å²) in [6.45, 7) is 8.23. The van der Waals surface area contributed by atoms with Crippen LogP contribution in [0.25, 0.3) is 0 Å². The van der Waals surface area contributed by atoms with Crippen molar-refractivity contribution in [1.29, 1.82) is 0 Å². The van der Waals surface area contributed by atoms with Gasteiger partial charge in [-0.1, -0.05) is 0 Å². The zero-order valence-electron chi connectivity index (χ0n) is 13.4. The second kappa shape index (κ2) is 9.30. The van der Waals surface area contributed by atoms with Gasteiger partial charge in [0.05, 0.1) is 13.2 Å². The number of anilines is 3. The SMILES string of the molecule is CCN(CC)c1nc(N)nc(N(CCOC)CCOC)n1. The first kappa shape index (κ1) is 17.4. The summed E-state index contributed by atoms with van der Waals surface area (Å²) >= 11 is 0. The van der Waals surface area contributed by atoms with Crippen molar-refractivity contribution in [1.82, 2.24) is 15.0 Å². The molecule has 0 unspecified atom stereocenters. The van der Waals surface area contributed by atoms with E-state index >= 15 is 0 Å². The third-order valence-corrected chi connectivity index (χ3v) is 3.09. The van der Waals surface area contributed by atoms with E-state index in [-0.39, 0.29) is 5.95 Å². The number of hydrogen-bond acceptors (Lipinski definition) is 8. The summed E-state index contributed by atoms with van der Waals surface area (Å²) < 4.78 is 10.3. The summed E-state index contributed by atoms with van der Waals surface area (Å²) in [5.74, 6) is 1.38. The summed E-state index contributed by atoms with van der Waals surface area (Å²) in [4.78, 5) is 17.0. The number of nitrogens with zero attached hydrogens (tertiary/aromatic N) is 5. The van der Waals surface area contributed by atoms with E-state index in [4.69, 9.17) is 15.2 Å². The van der Waals surface area contributed by atoms with E-state index in [2.05, 4.69) is 28.8 Å². The van der Waals surface area contributed by atoms with Gasteiger partial charge in [-0.3, -0.25) is 0 Å². The second-order valence-electron chi connectivity index (χ2n) is 4.44. The molecule has 1 rings (SSSR count). The number of nitrogen functional groups attached to an aromatic ring is 1. The molecule has 0 radical (unpaired) electrons. The lowest BCUT2D eigenvalue weighted by Crippen LogP contribution is -2.33. The highest BCUT2D eigenvalue weighted by molar-refractivity contribution is 5.43. The summed E-state index contributed by atoms with van der Waals surface area (Å²) in [5, 5.41) is 0. The normalized spacial score (nSPS) is 10.7. The van der Waals surface area contributed by atoms with Crippen LogP contribution >= 0.6 is 0 Å². The third kappa shape index (κ3) is 5.31. The molecule has 8 heteroatoms. The smallest absolute Gasteiger partial charge is 0.232 e. The van der Waals surface area contributed by atoms with Crippen molar-refractivity contribution in [3.63, 3.8) is 0 Å². The lowest BCUT2D eigenvalue weighted by atomic mass is 10.5. The van der Waals surface area contributed by atoms with Crippen molar-refractivity contribution in [2.45, 2.75) is 13.8 Å². The van der Waals surface area contributed by atoms with Gasteiger partial charge in [0, 0.05) is 40.4 Å². The molecule has 0 amide bonds. The summed E-state index contributed by atoms with van der Waals surface area (Å²) in [7, 11) is 3.33. The first-order chi connectivity index (χ1) is 10.2. The molecule has 0 aliphatic heterocycles. The fourth-order valence-corrected chi connectivity index (χ4v) is 1.87. The molecule has 0 aromatic carbocycles. The van der Waals surface area contributed by atoms with Gasteiger partial charge in [0.1, 0.15) is 0 Å². The lowest BCUT2D eigenvalue weighted by molar-refractivity contribution is 0.189. The number of nitrogens with two attached hydrogens (primary N) is 1. The molecule has 0 aliphatic rings. The number of rotatable bonds is 10. The second-order valence-corrected chi connectivity index (χ2v) is 4.44. The Morgan fingerprint density at radius 2 is 1.33 bits per heavy atom. The van der Waals surface area contributed by atoms with E-state index < -0.39 is 0 Å². The molecule has 2 N–H and O–H groups in total. The molecule has 120 valence electrons. The highest BCUT2D eigenvalue weighted by atomic mass is 16.5. The lowest BCUT2D eigenvalue weighted by Gasteiger charge is -2.24. The van der Waals surface area contributed by atoms with Gasteiger partial charge in [0.15, 0.2) is 0 Å². The quantitative estimate of drug-likeness (QED) is 0.664. The van der Waals surface area contributed by atoms with Crippen LogP contribution in [0.2, 0.25) is 0 Å². The van der Waals surface area contributed by atoms with Crippen LogP contribution in [0.5, 0.6) is 0 Å². The molecule has 0 spiro atoms. The topological polar surface area (TPSA) is 89.6 Å². The van der Waals surface area contributed by atoms with E-state index in [1.807, 2.05) is 9.80 Å². The molecule has 1 aromatic rings. The van der Waals surface area contributed by atoms with Crippen LogP contribution in [0.15, 0.2) is 0 Å². The maximum atomic E-state index is 5.82. The fourth-order valence-electron chi connectivity index (χ4n) is 1.87. The van der Waals surface area contributed by atoms with Crippen molar-refractivity contribution in [3.05, 3.63) is 0 Å². The van der Waals surface area contributed by atoms with Crippen LogP contribution in [0.3, 0.4) is 0 Å². The number of methoxy groups -OCH3 is 2. The van der Waals surface area contributed by atoms with Crippen LogP contribution in [0.4, 0.5) is 17.8 Å². The zero-order valence-corrected chi connectivity index (χ0v) is 13.4. The first-order valence-electron chi connectivity index (χ1n) is 7.15. The Balaban J connectivity index is 2.99. The average molecular weight is 298 g/mol. The predicted octanol–water partition coefficient (Wildman–Crippen LogP) is 0.399. The van der Waals surface area contributed by atoms with Gasteiger partial charge in [-0.15, -0.1) is 0 Å². The predicted molar refractivity (Wildman–Crippen MR) is 83.8 cm³/mol. The molecule has 21 heavy (non-hydrogen) atoms. The van der Waals surface area contributed by atoms with Crippen LogP contribution in [0, 0.1) is 0 Å². The van der Waals surface area contributed by atoms with Crippen molar-refractivity contribution < 1.29 is 9.47 Å². The Bertz CT molecular complexity index is 406. The monoisotopic (exact) mass is 298 g/mol. The van der Waals surface area contributed by atoms with Crippen LogP contribution in [0.1, 0.15) is 13.8 Å². The molecular formula is C13H26N6O2. The summed E-state index contributed by atoms with van der Waals surface area (Å²) in [6.07, 6.45) is 0. The van der Waals surface area contributed by atoms with Crippen LogP contribution in [-0.4, -0.2) is 68.6 Å². The van der Waals surface area contributed by atoms with Gasteiger partial charge < -0.3 is 25.0 Å². The maximum Gasteiger partial charge on any atom is 0.232 e. The Labute approximate surface area is 126 Å². The minimum absolute atomic E-state index is 0.224. The minimum atomic E-state index is 0.224. The van der Waals surface area contributed by atoms with E-state index in [9.17, 15) is 0 Å². The van der Waals surface area contributed by atoms with Crippen LogP contribution < -0.4 is 15.5 Å². The van der Waals surface area contributed by atoms with Crippen molar-refractivity contribution in [3.8, 4) is 0 Å². The summed E-state index contributed by atoms with van der Waals surface area (Å²) in [6, 6.07) is 0. The molecule has 0 fully saturated rings. The molecular weight excluding hydrogens is 272 g/mol. The van der Waals surface area contributed by atoms with E-state index in [0.717, 1.165) is 13.1 Å². The van der Waals surface area contributed by atoms with Gasteiger partial charge in [0.2, 0.25) is 17.8 Å². The van der Waals surface area contributed by atoms with Gasteiger partial charge in [-0.25, -0.2) is 0 Å². The maximum absolute atomic E-state index is 5.82. The first-order valence-corrected chi connectivity index (χ1v) is 7.15. The Kier molecular flexibility index (Phi) is 7.70. The van der Waals surface area contributed by atoms with Crippen molar-refractivity contribution in [2.24, 2.45) is 0 Å². The highest BCUT2D eigenvalue weighted by Crippen LogP contribution is 2.15. The standard InChI is InChI=1S/C13H26N6O2/c1-5-18(6-2)12-15-11(14)16-13(17-12)19(7-9-20-3)8-10-21-4/h5-10H2,1-4H3,(H2,14,15,16,17). The van der Waals surface area contributed by atoms with E-state index in [1.54, 1.807) is 14.2 Å². The molecule has 1 aromatic heterocycles. The zero-order chi connectivity index (χ0) is 15.7. The molecule has 0 atom stereocenters. The number of ether oxygens (including phenoxy) is 2. The van der Waals surface area contributed by atoms with Gasteiger partial charge in [-0.2, -0.15) is 15.0 Å².